The fourth-order valence-electron chi connectivity index (χ4n) is 0.968. The predicted molar refractivity (Wildman–Crippen MR) is 56.8 cm³/mol. The lowest BCUT2D eigenvalue weighted by atomic mass is 10.5. The van der Waals surface area contributed by atoms with E-state index < -0.39 is 5.97 Å². The maximum atomic E-state index is 10.6. The summed E-state index contributed by atoms with van der Waals surface area (Å²) < 4.78 is 5.04. The zero-order chi connectivity index (χ0) is 11.5. The maximum Gasteiger partial charge on any atom is 0.371 e. The van der Waals surface area contributed by atoms with Gasteiger partial charge in [-0.25, -0.2) is 9.78 Å². The molecule has 0 bridgehead atoms. The van der Waals surface area contributed by atoms with Crippen LogP contribution in [0.3, 0.4) is 0 Å². The average molecular weight is 257 g/mol. The molecule has 0 aliphatic rings. The van der Waals surface area contributed by atoms with Crippen LogP contribution in [0, 0.1) is 0 Å². The van der Waals surface area contributed by atoms with E-state index in [0.29, 0.717) is 10.1 Å². The van der Waals surface area contributed by atoms with Crippen LogP contribution in [-0.2, 0) is 0 Å². The minimum absolute atomic E-state index is 0.113. The Balaban J connectivity index is 2.17. The quantitative estimate of drug-likeness (QED) is 0.910. The van der Waals surface area contributed by atoms with E-state index in [1.54, 1.807) is 6.07 Å². The number of halogens is 1. The monoisotopic (exact) mass is 256 g/mol. The first-order valence-corrected chi connectivity index (χ1v) is 5.33. The molecule has 0 atom stereocenters. The van der Waals surface area contributed by atoms with E-state index in [0.717, 1.165) is 11.8 Å². The second kappa shape index (κ2) is 4.54. The molecule has 0 saturated heterocycles. The van der Waals surface area contributed by atoms with E-state index in [4.69, 9.17) is 21.1 Å². The molecule has 0 aliphatic carbocycles. The number of carboxylic acids is 1. The summed E-state index contributed by atoms with van der Waals surface area (Å²) >= 11 is 6.81. The van der Waals surface area contributed by atoms with E-state index in [1.165, 1.54) is 18.5 Å². The third kappa shape index (κ3) is 2.53. The van der Waals surface area contributed by atoms with Crippen molar-refractivity contribution in [3.8, 4) is 0 Å². The van der Waals surface area contributed by atoms with Crippen molar-refractivity contribution in [1.82, 2.24) is 9.97 Å². The molecule has 2 rings (SSSR count). The molecule has 2 aromatic heterocycles. The molecule has 0 aliphatic heterocycles. The fourth-order valence-corrected chi connectivity index (χ4v) is 1.90. The van der Waals surface area contributed by atoms with Crippen LogP contribution < -0.4 is 0 Å². The fraction of sp³-hybridized carbons (Fsp3) is 0. The molecule has 0 fully saturated rings. The summed E-state index contributed by atoms with van der Waals surface area (Å²) in [6, 6.07) is 2.93. The lowest BCUT2D eigenvalue weighted by Crippen LogP contribution is -1.91. The van der Waals surface area contributed by atoms with Crippen molar-refractivity contribution in [3.63, 3.8) is 0 Å². The molecule has 0 spiro atoms. The minimum Gasteiger partial charge on any atom is -0.475 e. The number of rotatable bonds is 3. The Morgan fingerprint density at radius 1 is 1.44 bits per heavy atom. The number of aromatic nitrogens is 2. The van der Waals surface area contributed by atoms with Gasteiger partial charge in [0.1, 0.15) is 10.2 Å². The van der Waals surface area contributed by atoms with Gasteiger partial charge in [0.05, 0.1) is 12.4 Å². The van der Waals surface area contributed by atoms with Gasteiger partial charge in [-0.3, -0.25) is 4.98 Å². The van der Waals surface area contributed by atoms with Gasteiger partial charge in [-0.05, 0) is 23.9 Å². The number of nitrogens with zero attached hydrogens (tertiary/aromatic N) is 2. The van der Waals surface area contributed by atoms with Gasteiger partial charge < -0.3 is 9.52 Å². The second-order valence-electron chi connectivity index (χ2n) is 2.71. The van der Waals surface area contributed by atoms with E-state index in [9.17, 15) is 4.79 Å². The average Bonchev–Trinajstić information content (AvgIpc) is 2.66. The summed E-state index contributed by atoms with van der Waals surface area (Å²) in [5, 5.41) is 9.89. The van der Waals surface area contributed by atoms with Gasteiger partial charge in [0.15, 0.2) is 5.09 Å². The zero-order valence-electron chi connectivity index (χ0n) is 7.75. The summed E-state index contributed by atoms with van der Waals surface area (Å²) in [5.74, 6) is -1.22. The summed E-state index contributed by atoms with van der Waals surface area (Å²) in [4.78, 5) is 18.4. The molecule has 0 aromatic carbocycles. The molecule has 0 saturated carbocycles. The van der Waals surface area contributed by atoms with Crippen LogP contribution in [0.25, 0.3) is 0 Å². The summed E-state index contributed by atoms with van der Waals surface area (Å²) in [6.07, 6.45) is 2.93. The Morgan fingerprint density at radius 3 is 2.88 bits per heavy atom. The first-order valence-electron chi connectivity index (χ1n) is 4.13. The van der Waals surface area contributed by atoms with Crippen LogP contribution in [0.4, 0.5) is 0 Å². The lowest BCUT2D eigenvalue weighted by Gasteiger charge is -1.96. The van der Waals surface area contributed by atoms with Crippen molar-refractivity contribution < 1.29 is 14.3 Å². The van der Waals surface area contributed by atoms with Gasteiger partial charge >= 0.3 is 5.97 Å². The topological polar surface area (TPSA) is 76.2 Å². The normalized spacial score (nSPS) is 10.3. The molecule has 0 radical (unpaired) electrons. The molecular weight excluding hydrogens is 252 g/mol. The van der Waals surface area contributed by atoms with Crippen LogP contribution in [0.2, 0.25) is 5.15 Å². The number of hydrogen-bond donors (Lipinski definition) is 1. The van der Waals surface area contributed by atoms with Gasteiger partial charge in [0, 0.05) is 0 Å². The molecule has 5 nitrogen and oxygen atoms in total. The Kier molecular flexibility index (Phi) is 3.12. The van der Waals surface area contributed by atoms with Crippen LogP contribution in [0.15, 0.2) is 39.1 Å². The van der Waals surface area contributed by atoms with Crippen molar-refractivity contribution in [1.29, 1.82) is 0 Å². The standard InChI is InChI=1S/C9H5ClN2O3S/c10-6-3-11-4-7(12-6)16-8-2-1-5(15-8)9(13)14/h1-4H,(H,13,14). The molecule has 2 aromatic rings. The minimum atomic E-state index is -1.11. The highest BCUT2D eigenvalue weighted by Gasteiger charge is 2.10. The number of carbonyl (C=O) groups is 1. The highest BCUT2D eigenvalue weighted by atomic mass is 35.5. The summed E-state index contributed by atoms with van der Waals surface area (Å²) in [5.41, 5.74) is 0. The highest BCUT2D eigenvalue weighted by Crippen LogP contribution is 2.27. The van der Waals surface area contributed by atoms with Crippen LogP contribution >= 0.6 is 23.4 Å². The van der Waals surface area contributed by atoms with E-state index in [2.05, 4.69) is 9.97 Å². The third-order valence-corrected chi connectivity index (χ3v) is 2.59. The van der Waals surface area contributed by atoms with E-state index in [1.807, 2.05) is 0 Å². The van der Waals surface area contributed by atoms with Crippen LogP contribution in [0.5, 0.6) is 0 Å². The molecule has 0 unspecified atom stereocenters. The molecule has 16 heavy (non-hydrogen) atoms. The third-order valence-electron chi connectivity index (χ3n) is 1.58. The van der Waals surface area contributed by atoms with Gasteiger partial charge in [0.2, 0.25) is 5.76 Å². The number of aromatic carboxylic acids is 1. The first-order chi connectivity index (χ1) is 7.65. The lowest BCUT2D eigenvalue weighted by molar-refractivity contribution is 0.0656. The molecule has 0 amide bonds. The van der Waals surface area contributed by atoms with Gasteiger partial charge in [-0.2, -0.15) is 0 Å². The van der Waals surface area contributed by atoms with Crippen molar-refractivity contribution in [3.05, 3.63) is 35.4 Å². The second-order valence-corrected chi connectivity index (χ2v) is 4.12. The maximum absolute atomic E-state index is 10.6. The van der Waals surface area contributed by atoms with E-state index >= 15 is 0 Å². The largest absolute Gasteiger partial charge is 0.475 e. The molecular formula is C9H5ClN2O3S. The summed E-state index contributed by atoms with van der Waals surface area (Å²) in [6.45, 7) is 0. The molecule has 1 N–H and O–H groups in total. The summed E-state index contributed by atoms with van der Waals surface area (Å²) in [7, 11) is 0. The number of carboxylic acid groups (broad SMARTS) is 1. The Bertz CT molecular complexity index is 529. The van der Waals surface area contributed by atoms with Gasteiger partial charge in [0.25, 0.3) is 0 Å². The van der Waals surface area contributed by atoms with Crippen LogP contribution in [-0.4, -0.2) is 21.0 Å². The van der Waals surface area contributed by atoms with Crippen molar-refractivity contribution in [2.45, 2.75) is 10.1 Å². The van der Waals surface area contributed by atoms with Crippen LogP contribution in [0.1, 0.15) is 10.6 Å². The zero-order valence-corrected chi connectivity index (χ0v) is 9.33. The number of furan rings is 1. The molecule has 7 heteroatoms. The van der Waals surface area contributed by atoms with Gasteiger partial charge in [-0.15, -0.1) is 0 Å². The SMILES string of the molecule is O=C(O)c1ccc(Sc2cncc(Cl)n2)o1. The Morgan fingerprint density at radius 2 is 2.25 bits per heavy atom. The first kappa shape index (κ1) is 11.0. The Labute approximate surface area is 99.5 Å². The Hall–Kier alpha value is -1.53. The van der Waals surface area contributed by atoms with Gasteiger partial charge in [-0.1, -0.05) is 11.6 Å². The number of hydrogen-bond acceptors (Lipinski definition) is 5. The smallest absolute Gasteiger partial charge is 0.371 e. The van der Waals surface area contributed by atoms with Crippen molar-refractivity contribution in [2.24, 2.45) is 0 Å². The van der Waals surface area contributed by atoms with E-state index in [-0.39, 0.29) is 10.9 Å². The van der Waals surface area contributed by atoms with Crippen molar-refractivity contribution >= 4 is 29.3 Å². The molecule has 2 heterocycles. The molecule has 82 valence electrons. The predicted octanol–water partition coefficient (Wildman–Crippen LogP) is 2.57. The highest BCUT2D eigenvalue weighted by molar-refractivity contribution is 7.99. The van der Waals surface area contributed by atoms with Crippen molar-refractivity contribution in [2.75, 3.05) is 0 Å².